The Labute approximate surface area is 69.6 Å². The average Bonchev–Trinajstić information content (AvgIpc) is 2.70. The van der Waals surface area contributed by atoms with E-state index in [0.29, 0.717) is 5.41 Å². The lowest BCUT2D eigenvalue weighted by atomic mass is 9.79. The van der Waals surface area contributed by atoms with Crippen molar-refractivity contribution in [3.8, 4) is 0 Å². The van der Waals surface area contributed by atoms with Gasteiger partial charge >= 0.3 is 0 Å². The van der Waals surface area contributed by atoms with Crippen molar-refractivity contribution in [2.45, 2.75) is 51.5 Å². The second-order valence-corrected chi connectivity index (χ2v) is 4.53. The minimum Gasteiger partial charge on any atom is -0.311 e. The molecule has 1 N–H and O–H groups in total. The minimum atomic E-state index is 0.663. The fourth-order valence-electron chi connectivity index (χ4n) is 2.44. The first-order valence-corrected chi connectivity index (χ1v) is 5.05. The highest BCUT2D eigenvalue weighted by molar-refractivity contribution is 4.98. The molecule has 2 fully saturated rings. The predicted molar refractivity (Wildman–Crippen MR) is 47.6 cm³/mol. The summed E-state index contributed by atoms with van der Waals surface area (Å²) < 4.78 is 0. The lowest BCUT2D eigenvalue weighted by molar-refractivity contribution is 0.271. The quantitative estimate of drug-likeness (QED) is 0.453. The summed E-state index contributed by atoms with van der Waals surface area (Å²) in [6, 6.07) is 0.876. The molecule has 11 heavy (non-hydrogen) atoms. The Balaban J connectivity index is 1.96. The zero-order valence-corrected chi connectivity index (χ0v) is 7.53. The third-order valence-electron chi connectivity index (χ3n) is 3.50. The molecule has 1 aliphatic heterocycles. The molecule has 0 spiro atoms. The van der Waals surface area contributed by atoms with Crippen LogP contribution in [0.3, 0.4) is 0 Å². The van der Waals surface area contributed by atoms with E-state index in [0.717, 1.165) is 6.04 Å². The molecular weight excluding hydrogens is 134 g/mol. The van der Waals surface area contributed by atoms with E-state index in [1.807, 2.05) is 0 Å². The summed E-state index contributed by atoms with van der Waals surface area (Å²) in [7, 11) is 0. The molecule has 1 atom stereocenters. The lowest BCUT2D eigenvalue weighted by Crippen LogP contribution is -2.24. The fraction of sp³-hybridized carbons (Fsp3) is 1.00. The molecular formula is C10H19N. The smallest absolute Gasteiger partial charge is 0.0246 e. The summed E-state index contributed by atoms with van der Waals surface area (Å²) in [5, 5.41) is 3.47. The SMILES string of the molecule is CC1(C2CN2)CCCCCC1. The molecule has 1 saturated carbocycles. The van der Waals surface area contributed by atoms with E-state index >= 15 is 0 Å². The van der Waals surface area contributed by atoms with Crippen LogP contribution in [0.5, 0.6) is 0 Å². The molecule has 64 valence electrons. The standard InChI is InChI=1S/C10H19N/c1-10(9-8-11-9)6-4-2-3-5-7-10/h9,11H,2-8H2,1H3. The van der Waals surface area contributed by atoms with Crippen LogP contribution >= 0.6 is 0 Å². The highest BCUT2D eigenvalue weighted by atomic mass is 15.1. The maximum atomic E-state index is 3.47. The molecule has 0 aromatic carbocycles. The summed E-state index contributed by atoms with van der Waals surface area (Å²) >= 11 is 0. The Hall–Kier alpha value is -0.0400. The van der Waals surface area contributed by atoms with Gasteiger partial charge in [-0.15, -0.1) is 0 Å². The van der Waals surface area contributed by atoms with E-state index < -0.39 is 0 Å². The molecule has 1 saturated heterocycles. The third kappa shape index (κ3) is 1.58. The van der Waals surface area contributed by atoms with E-state index in [4.69, 9.17) is 0 Å². The van der Waals surface area contributed by atoms with Gasteiger partial charge in [0.25, 0.3) is 0 Å². The van der Waals surface area contributed by atoms with Gasteiger partial charge in [-0.1, -0.05) is 32.6 Å². The highest BCUT2D eigenvalue weighted by Gasteiger charge is 2.40. The van der Waals surface area contributed by atoms with Crippen LogP contribution in [0.1, 0.15) is 45.4 Å². The van der Waals surface area contributed by atoms with Gasteiger partial charge in [-0.2, -0.15) is 0 Å². The zero-order chi connectivity index (χ0) is 7.73. The van der Waals surface area contributed by atoms with Gasteiger partial charge in [-0.3, -0.25) is 0 Å². The normalized spacial score (nSPS) is 36.3. The van der Waals surface area contributed by atoms with Crippen molar-refractivity contribution in [2.75, 3.05) is 6.54 Å². The van der Waals surface area contributed by atoms with E-state index in [1.54, 1.807) is 0 Å². The average molecular weight is 153 g/mol. The first-order chi connectivity index (χ1) is 5.31. The summed E-state index contributed by atoms with van der Waals surface area (Å²) in [5.41, 5.74) is 0.663. The maximum Gasteiger partial charge on any atom is 0.0246 e. The van der Waals surface area contributed by atoms with Crippen LogP contribution in [0.4, 0.5) is 0 Å². The van der Waals surface area contributed by atoms with Gasteiger partial charge in [0, 0.05) is 12.6 Å². The predicted octanol–water partition coefficient (Wildman–Crippen LogP) is 2.32. The Bertz CT molecular complexity index is 130. The summed E-state index contributed by atoms with van der Waals surface area (Å²) in [6.07, 6.45) is 8.81. The zero-order valence-electron chi connectivity index (χ0n) is 7.53. The largest absolute Gasteiger partial charge is 0.311 e. The van der Waals surface area contributed by atoms with E-state index in [2.05, 4.69) is 12.2 Å². The molecule has 0 amide bonds. The molecule has 2 rings (SSSR count). The summed E-state index contributed by atoms with van der Waals surface area (Å²) in [5.74, 6) is 0. The van der Waals surface area contributed by atoms with Crippen molar-refractivity contribution in [1.82, 2.24) is 5.32 Å². The molecule has 1 unspecified atom stereocenters. The monoisotopic (exact) mass is 153 g/mol. The Morgan fingerprint density at radius 3 is 2.09 bits per heavy atom. The van der Waals surface area contributed by atoms with Crippen LogP contribution < -0.4 is 5.32 Å². The number of rotatable bonds is 1. The molecule has 1 heteroatoms. The first-order valence-electron chi connectivity index (χ1n) is 5.05. The van der Waals surface area contributed by atoms with E-state index in [1.165, 1.54) is 45.1 Å². The van der Waals surface area contributed by atoms with Gasteiger partial charge in [0.1, 0.15) is 0 Å². The van der Waals surface area contributed by atoms with Gasteiger partial charge in [-0.25, -0.2) is 0 Å². The molecule has 0 aromatic rings. The summed E-state index contributed by atoms with van der Waals surface area (Å²) in [6.45, 7) is 3.76. The molecule has 1 aliphatic carbocycles. The molecule has 1 nitrogen and oxygen atoms in total. The van der Waals surface area contributed by atoms with Crippen LogP contribution in [0, 0.1) is 5.41 Å². The van der Waals surface area contributed by atoms with Crippen LogP contribution in [-0.2, 0) is 0 Å². The Morgan fingerprint density at radius 2 is 1.64 bits per heavy atom. The van der Waals surface area contributed by atoms with Crippen molar-refractivity contribution < 1.29 is 0 Å². The van der Waals surface area contributed by atoms with Crippen molar-refractivity contribution in [3.05, 3.63) is 0 Å². The van der Waals surface area contributed by atoms with Crippen LogP contribution in [0.2, 0.25) is 0 Å². The van der Waals surface area contributed by atoms with Crippen LogP contribution in [0.25, 0.3) is 0 Å². The van der Waals surface area contributed by atoms with Gasteiger partial charge in [0.15, 0.2) is 0 Å². The molecule has 0 aromatic heterocycles. The van der Waals surface area contributed by atoms with Crippen molar-refractivity contribution in [2.24, 2.45) is 5.41 Å². The highest BCUT2D eigenvalue weighted by Crippen LogP contribution is 2.40. The number of nitrogens with one attached hydrogen (secondary N) is 1. The van der Waals surface area contributed by atoms with Crippen molar-refractivity contribution >= 4 is 0 Å². The first kappa shape index (κ1) is 7.60. The third-order valence-corrected chi connectivity index (χ3v) is 3.50. The van der Waals surface area contributed by atoms with E-state index in [-0.39, 0.29) is 0 Å². The second kappa shape index (κ2) is 2.78. The second-order valence-electron chi connectivity index (χ2n) is 4.53. The van der Waals surface area contributed by atoms with E-state index in [9.17, 15) is 0 Å². The number of hydrogen-bond donors (Lipinski definition) is 1. The molecule has 0 radical (unpaired) electrons. The van der Waals surface area contributed by atoms with Crippen molar-refractivity contribution in [3.63, 3.8) is 0 Å². The molecule has 1 heterocycles. The fourth-order valence-corrected chi connectivity index (χ4v) is 2.44. The Kier molecular flexibility index (Phi) is 1.92. The topological polar surface area (TPSA) is 21.9 Å². The molecule has 0 bridgehead atoms. The van der Waals surface area contributed by atoms with Gasteiger partial charge in [-0.05, 0) is 18.3 Å². The van der Waals surface area contributed by atoms with Gasteiger partial charge < -0.3 is 5.32 Å². The number of hydrogen-bond acceptors (Lipinski definition) is 1. The summed E-state index contributed by atoms with van der Waals surface area (Å²) in [4.78, 5) is 0. The van der Waals surface area contributed by atoms with Crippen LogP contribution in [0.15, 0.2) is 0 Å². The Morgan fingerprint density at radius 1 is 1.09 bits per heavy atom. The lowest BCUT2D eigenvalue weighted by Gasteiger charge is -2.26. The van der Waals surface area contributed by atoms with Crippen LogP contribution in [-0.4, -0.2) is 12.6 Å². The van der Waals surface area contributed by atoms with Gasteiger partial charge in [0.2, 0.25) is 0 Å². The maximum absolute atomic E-state index is 3.47. The van der Waals surface area contributed by atoms with Gasteiger partial charge in [0.05, 0.1) is 0 Å². The minimum absolute atomic E-state index is 0.663. The van der Waals surface area contributed by atoms with Crippen molar-refractivity contribution in [1.29, 1.82) is 0 Å². The molecule has 2 aliphatic rings.